The van der Waals surface area contributed by atoms with Crippen molar-refractivity contribution in [2.45, 2.75) is 44.4 Å². The van der Waals surface area contributed by atoms with Crippen molar-refractivity contribution in [3.63, 3.8) is 0 Å². The molecule has 28 heavy (non-hydrogen) atoms. The van der Waals surface area contributed by atoms with Crippen molar-refractivity contribution in [2.24, 2.45) is 5.92 Å². The number of ether oxygens (including phenoxy) is 1. The normalized spacial score (nSPS) is 17.5. The summed E-state index contributed by atoms with van der Waals surface area (Å²) in [6.07, 6.45) is 2.47. The Morgan fingerprint density at radius 2 is 2.18 bits per heavy atom. The second-order valence-corrected chi connectivity index (χ2v) is 9.58. The van der Waals surface area contributed by atoms with E-state index in [0.717, 1.165) is 35.2 Å². The summed E-state index contributed by atoms with van der Waals surface area (Å²) in [4.78, 5) is 22.3. The van der Waals surface area contributed by atoms with E-state index in [-0.39, 0.29) is 12.2 Å². The molecule has 2 N–H and O–H groups in total. The summed E-state index contributed by atoms with van der Waals surface area (Å²) in [6, 6.07) is 7.73. The number of thioether (sulfide) groups is 1. The van der Waals surface area contributed by atoms with Gasteiger partial charge in [0.25, 0.3) is 5.56 Å². The lowest BCUT2D eigenvalue weighted by Crippen LogP contribution is -2.20. The lowest BCUT2D eigenvalue weighted by Gasteiger charge is -2.17. The van der Waals surface area contributed by atoms with E-state index in [9.17, 15) is 9.90 Å². The van der Waals surface area contributed by atoms with Gasteiger partial charge in [-0.05, 0) is 49.8 Å². The number of benzene rings is 1. The molecule has 148 valence electrons. The molecule has 2 aromatic heterocycles. The number of rotatable bonds is 6. The van der Waals surface area contributed by atoms with Crippen molar-refractivity contribution >= 4 is 33.3 Å². The third-order valence-electron chi connectivity index (χ3n) is 5.02. The third-order valence-corrected chi connectivity index (χ3v) is 7.19. The summed E-state index contributed by atoms with van der Waals surface area (Å²) in [5.41, 5.74) is 2.29. The first kappa shape index (κ1) is 19.5. The smallest absolute Gasteiger partial charge is 0.260 e. The summed E-state index contributed by atoms with van der Waals surface area (Å²) in [5, 5.41) is 11.5. The van der Waals surface area contributed by atoms with Gasteiger partial charge in [0, 0.05) is 10.6 Å². The van der Waals surface area contributed by atoms with Crippen LogP contribution in [-0.4, -0.2) is 33.5 Å². The number of hydrogen-bond donors (Lipinski definition) is 2. The summed E-state index contributed by atoms with van der Waals surface area (Å²) < 4.78 is 5.62. The van der Waals surface area contributed by atoms with E-state index in [1.807, 2.05) is 31.2 Å². The first-order chi connectivity index (χ1) is 13.5. The van der Waals surface area contributed by atoms with Crippen LogP contribution in [0.1, 0.15) is 29.3 Å². The molecule has 2 atom stereocenters. The van der Waals surface area contributed by atoms with Crippen LogP contribution in [-0.2, 0) is 12.8 Å². The maximum Gasteiger partial charge on any atom is 0.260 e. The van der Waals surface area contributed by atoms with E-state index in [1.54, 1.807) is 11.3 Å². The molecule has 4 rings (SSSR count). The highest BCUT2D eigenvalue weighted by Gasteiger charge is 2.23. The largest absolute Gasteiger partial charge is 0.491 e. The molecule has 1 aliphatic rings. The second kappa shape index (κ2) is 8.27. The molecule has 0 radical (unpaired) electrons. The van der Waals surface area contributed by atoms with Crippen LogP contribution in [0.4, 0.5) is 0 Å². The lowest BCUT2D eigenvalue weighted by atomic mass is 9.89. The van der Waals surface area contributed by atoms with Crippen LogP contribution in [0.15, 0.2) is 34.2 Å². The van der Waals surface area contributed by atoms with Crippen LogP contribution in [0.3, 0.4) is 0 Å². The fourth-order valence-corrected chi connectivity index (χ4v) is 5.66. The van der Waals surface area contributed by atoms with Crippen molar-refractivity contribution in [1.29, 1.82) is 0 Å². The van der Waals surface area contributed by atoms with Gasteiger partial charge in [-0.2, -0.15) is 0 Å². The molecule has 0 saturated heterocycles. The first-order valence-corrected chi connectivity index (χ1v) is 11.3. The molecule has 1 aromatic carbocycles. The van der Waals surface area contributed by atoms with Crippen LogP contribution < -0.4 is 10.3 Å². The van der Waals surface area contributed by atoms with Crippen molar-refractivity contribution in [1.82, 2.24) is 9.97 Å². The average Bonchev–Trinajstić information content (AvgIpc) is 3.03. The number of nitrogens with one attached hydrogen (secondary N) is 1. The molecule has 0 bridgehead atoms. The Bertz CT molecular complexity index is 1030. The minimum Gasteiger partial charge on any atom is -0.491 e. The summed E-state index contributed by atoms with van der Waals surface area (Å²) in [5.74, 6) is 1.81. The number of H-pyrrole nitrogens is 1. The number of nitrogens with zero attached hydrogens (tertiary/aromatic N) is 1. The lowest BCUT2D eigenvalue weighted by molar-refractivity contribution is 0.126. The van der Waals surface area contributed by atoms with Crippen LogP contribution >= 0.6 is 23.1 Å². The highest BCUT2D eigenvalue weighted by molar-refractivity contribution is 7.99. The summed E-state index contributed by atoms with van der Waals surface area (Å²) in [6.45, 7) is 4.48. The van der Waals surface area contributed by atoms with Crippen molar-refractivity contribution in [2.75, 3.05) is 12.4 Å². The van der Waals surface area contributed by atoms with Gasteiger partial charge < -0.3 is 14.8 Å². The monoisotopic (exact) mass is 416 g/mol. The van der Waals surface area contributed by atoms with Gasteiger partial charge in [0.05, 0.1) is 11.5 Å². The number of hydrogen-bond acceptors (Lipinski definition) is 6. The molecule has 0 amide bonds. The highest BCUT2D eigenvalue weighted by Crippen LogP contribution is 2.36. The molecule has 7 heteroatoms. The quantitative estimate of drug-likeness (QED) is 0.470. The van der Waals surface area contributed by atoms with E-state index in [2.05, 4.69) is 16.9 Å². The number of aromatic amines is 1. The van der Waals surface area contributed by atoms with Crippen molar-refractivity contribution in [3.8, 4) is 5.75 Å². The van der Waals surface area contributed by atoms with Crippen molar-refractivity contribution < 1.29 is 9.84 Å². The molecule has 0 fully saturated rings. The molecule has 0 spiro atoms. The Morgan fingerprint density at radius 3 is 2.96 bits per heavy atom. The molecule has 1 aliphatic carbocycles. The van der Waals surface area contributed by atoms with Crippen LogP contribution in [0.2, 0.25) is 0 Å². The van der Waals surface area contributed by atoms with Gasteiger partial charge in [-0.15, -0.1) is 11.3 Å². The number of fused-ring (bicyclic) bond motifs is 3. The Kier molecular flexibility index (Phi) is 5.75. The highest BCUT2D eigenvalue weighted by atomic mass is 32.2. The molecule has 0 aliphatic heterocycles. The topological polar surface area (TPSA) is 75.2 Å². The number of aromatic nitrogens is 2. The van der Waals surface area contributed by atoms with E-state index in [0.29, 0.717) is 16.8 Å². The fraction of sp³-hybridized carbons (Fsp3) is 0.429. The molecular weight excluding hydrogens is 392 g/mol. The van der Waals surface area contributed by atoms with E-state index in [4.69, 9.17) is 4.74 Å². The number of aryl methyl sites for hydroxylation is 2. The van der Waals surface area contributed by atoms with Gasteiger partial charge in [0.1, 0.15) is 17.2 Å². The molecule has 2 heterocycles. The number of thiophene rings is 1. The van der Waals surface area contributed by atoms with Crippen molar-refractivity contribution in [3.05, 3.63) is 50.6 Å². The third kappa shape index (κ3) is 4.26. The van der Waals surface area contributed by atoms with E-state index in [1.165, 1.54) is 27.8 Å². The minimum atomic E-state index is -0.648. The van der Waals surface area contributed by atoms with Gasteiger partial charge in [-0.3, -0.25) is 4.79 Å². The minimum absolute atomic E-state index is 0.0649. The predicted molar refractivity (Wildman–Crippen MR) is 115 cm³/mol. The Hall–Kier alpha value is -1.83. The van der Waals surface area contributed by atoms with Gasteiger partial charge in [0.2, 0.25) is 0 Å². The van der Waals surface area contributed by atoms with Gasteiger partial charge in [-0.1, -0.05) is 36.4 Å². The summed E-state index contributed by atoms with van der Waals surface area (Å²) >= 11 is 2.99. The molecular formula is C21H24N2O3S2. The number of aliphatic hydroxyl groups excluding tert-OH is 1. The standard InChI is InChI=1S/C21H24N2O3S2/c1-12-3-6-15(7-4-12)26-10-14(24)11-27-21-22-19(25)18-16-8-5-13(2)9-17(16)28-20(18)23-21/h3-4,6-7,13-14,24H,5,8-11H2,1-2H3,(H,22,23,25)/t13-,14+/m1/s1. The average molecular weight is 417 g/mol. The fourth-order valence-electron chi connectivity index (χ4n) is 3.45. The van der Waals surface area contributed by atoms with Gasteiger partial charge in [-0.25, -0.2) is 4.98 Å². The Labute approximate surface area is 172 Å². The zero-order chi connectivity index (χ0) is 19.7. The maximum absolute atomic E-state index is 12.6. The van der Waals surface area contributed by atoms with Crippen LogP contribution in [0, 0.1) is 12.8 Å². The summed E-state index contributed by atoms with van der Waals surface area (Å²) in [7, 11) is 0. The molecule has 0 unspecified atom stereocenters. The predicted octanol–water partition coefficient (Wildman–Crippen LogP) is 3.95. The number of aliphatic hydroxyl groups is 1. The van der Waals surface area contributed by atoms with Crippen LogP contribution in [0.25, 0.3) is 10.2 Å². The van der Waals surface area contributed by atoms with E-state index < -0.39 is 6.10 Å². The van der Waals surface area contributed by atoms with Crippen LogP contribution in [0.5, 0.6) is 5.75 Å². The van der Waals surface area contributed by atoms with Gasteiger partial charge >= 0.3 is 0 Å². The Balaban J connectivity index is 1.40. The molecule has 0 saturated carbocycles. The first-order valence-electron chi connectivity index (χ1n) is 9.54. The zero-order valence-electron chi connectivity index (χ0n) is 16.0. The van der Waals surface area contributed by atoms with Gasteiger partial charge in [0.15, 0.2) is 5.16 Å². The maximum atomic E-state index is 12.6. The Morgan fingerprint density at radius 1 is 1.39 bits per heavy atom. The molecule has 5 nitrogen and oxygen atoms in total. The SMILES string of the molecule is Cc1ccc(OC[C@H](O)CSc2nc3sc4c(c3c(=O)[nH]2)CC[C@@H](C)C4)cc1. The van der Waals surface area contributed by atoms with E-state index >= 15 is 0 Å². The molecule has 3 aromatic rings. The zero-order valence-corrected chi connectivity index (χ0v) is 17.7. The second-order valence-electron chi connectivity index (χ2n) is 7.49.